The third-order valence-corrected chi connectivity index (χ3v) is 6.70. The number of guanidine groups is 1. The highest BCUT2D eigenvalue weighted by Crippen LogP contribution is 2.44. The zero-order chi connectivity index (χ0) is 22.1. The number of nitrogens with zero attached hydrogens (tertiary/aromatic N) is 2. The van der Waals surface area contributed by atoms with Gasteiger partial charge in [0.2, 0.25) is 0 Å². The first-order valence-corrected chi connectivity index (χ1v) is 11.6. The summed E-state index contributed by atoms with van der Waals surface area (Å²) in [5.74, 6) is 2.61. The van der Waals surface area contributed by atoms with Crippen LogP contribution in [0.5, 0.6) is 11.5 Å². The van der Waals surface area contributed by atoms with Crippen molar-refractivity contribution in [3.05, 3.63) is 18.2 Å². The molecule has 7 nitrogen and oxygen atoms in total. The molecule has 1 aromatic rings. The van der Waals surface area contributed by atoms with Gasteiger partial charge >= 0.3 is 0 Å². The van der Waals surface area contributed by atoms with Crippen LogP contribution < -0.4 is 25.0 Å². The molecule has 1 heterocycles. The molecule has 1 aliphatic carbocycles. The molecule has 1 aromatic carbocycles. The average molecular weight is 561 g/mol. The minimum atomic E-state index is 0. The van der Waals surface area contributed by atoms with Gasteiger partial charge in [0, 0.05) is 69.8 Å². The van der Waals surface area contributed by atoms with Crippen LogP contribution in [-0.2, 0) is 4.74 Å². The van der Waals surface area contributed by atoms with E-state index in [1.807, 2.05) is 6.07 Å². The summed E-state index contributed by atoms with van der Waals surface area (Å²) in [7, 11) is 5.17. The van der Waals surface area contributed by atoms with Gasteiger partial charge in [-0.2, -0.15) is 0 Å². The van der Waals surface area contributed by atoms with Crippen LogP contribution in [0.25, 0.3) is 0 Å². The van der Waals surface area contributed by atoms with Crippen LogP contribution >= 0.6 is 24.0 Å². The second kappa shape index (κ2) is 13.3. The van der Waals surface area contributed by atoms with E-state index < -0.39 is 0 Å². The molecule has 0 unspecified atom stereocenters. The van der Waals surface area contributed by atoms with Gasteiger partial charge in [-0.1, -0.05) is 6.42 Å². The lowest BCUT2D eigenvalue weighted by atomic mass is 9.67. The number of hydrogen-bond donors (Lipinski definition) is 2. The Morgan fingerprint density at radius 3 is 2.25 bits per heavy atom. The van der Waals surface area contributed by atoms with Crippen LogP contribution in [0, 0.1) is 5.41 Å². The predicted molar refractivity (Wildman–Crippen MR) is 142 cm³/mol. The molecule has 2 aliphatic rings. The first-order chi connectivity index (χ1) is 15.1. The zero-order valence-electron chi connectivity index (χ0n) is 20.1. The zero-order valence-corrected chi connectivity index (χ0v) is 22.4. The molecule has 182 valence electrons. The fourth-order valence-electron chi connectivity index (χ4n) is 4.50. The summed E-state index contributed by atoms with van der Waals surface area (Å²) < 4.78 is 16.2. The van der Waals surface area contributed by atoms with Crippen molar-refractivity contribution < 1.29 is 14.2 Å². The van der Waals surface area contributed by atoms with Crippen molar-refractivity contribution >= 4 is 35.6 Å². The van der Waals surface area contributed by atoms with Gasteiger partial charge in [0.05, 0.1) is 14.2 Å². The van der Waals surface area contributed by atoms with E-state index in [4.69, 9.17) is 19.2 Å². The van der Waals surface area contributed by atoms with Crippen LogP contribution in [0.3, 0.4) is 0 Å². The van der Waals surface area contributed by atoms with E-state index in [-0.39, 0.29) is 24.0 Å². The Bertz CT molecular complexity index is 697. The maximum absolute atomic E-state index is 5.43. The number of hydrogen-bond acceptors (Lipinski definition) is 5. The van der Waals surface area contributed by atoms with E-state index in [2.05, 4.69) is 34.6 Å². The summed E-state index contributed by atoms with van der Waals surface area (Å²) in [6.45, 7) is 6.69. The Balaban J connectivity index is 0.00000363. The summed E-state index contributed by atoms with van der Waals surface area (Å²) in [5.41, 5.74) is 1.49. The minimum Gasteiger partial charge on any atom is -0.497 e. The van der Waals surface area contributed by atoms with Crippen molar-refractivity contribution in [3.63, 3.8) is 0 Å². The molecule has 2 N–H and O–H groups in total. The molecule has 1 saturated heterocycles. The summed E-state index contributed by atoms with van der Waals surface area (Å²) in [4.78, 5) is 7.37. The molecular formula is C24H41IN4O3. The summed E-state index contributed by atoms with van der Waals surface area (Å²) in [6.07, 6.45) is 7.09. The fraction of sp³-hybridized carbons (Fsp3) is 0.708. The molecule has 0 atom stereocenters. The van der Waals surface area contributed by atoms with Gasteiger partial charge in [-0.05, 0) is 44.4 Å². The van der Waals surface area contributed by atoms with E-state index in [9.17, 15) is 0 Å². The second-order valence-corrected chi connectivity index (χ2v) is 8.77. The fourth-order valence-corrected chi connectivity index (χ4v) is 4.50. The quantitative estimate of drug-likeness (QED) is 0.256. The smallest absolute Gasteiger partial charge is 0.191 e. The lowest BCUT2D eigenvalue weighted by Crippen LogP contribution is -2.49. The monoisotopic (exact) mass is 560 g/mol. The Morgan fingerprint density at radius 2 is 1.75 bits per heavy atom. The number of halogens is 1. The Kier molecular flexibility index (Phi) is 11.2. The third kappa shape index (κ3) is 7.30. The molecule has 1 aliphatic heterocycles. The largest absolute Gasteiger partial charge is 0.497 e. The number of nitrogens with one attached hydrogen (secondary N) is 2. The van der Waals surface area contributed by atoms with Gasteiger partial charge in [0.25, 0.3) is 0 Å². The molecule has 0 spiro atoms. The molecule has 0 amide bonds. The van der Waals surface area contributed by atoms with Crippen LogP contribution in [0.2, 0.25) is 0 Å². The minimum absolute atomic E-state index is 0. The van der Waals surface area contributed by atoms with E-state index in [1.165, 1.54) is 19.3 Å². The van der Waals surface area contributed by atoms with Crippen LogP contribution in [0.15, 0.2) is 23.2 Å². The number of benzene rings is 1. The number of methoxy groups -OCH3 is 3. The van der Waals surface area contributed by atoms with E-state index >= 15 is 0 Å². The topological polar surface area (TPSA) is 67.4 Å². The molecular weight excluding hydrogens is 519 g/mol. The van der Waals surface area contributed by atoms with Crippen molar-refractivity contribution in [1.29, 1.82) is 0 Å². The van der Waals surface area contributed by atoms with Crippen LogP contribution in [0.4, 0.5) is 5.69 Å². The normalized spacial score (nSPS) is 18.4. The van der Waals surface area contributed by atoms with E-state index in [0.717, 1.165) is 75.2 Å². The lowest BCUT2D eigenvalue weighted by Gasteiger charge is -2.41. The van der Waals surface area contributed by atoms with E-state index in [0.29, 0.717) is 11.5 Å². The molecule has 0 bridgehead atoms. The Hall–Kier alpha value is -1.42. The Labute approximate surface area is 210 Å². The highest BCUT2D eigenvalue weighted by atomic mass is 127. The number of aliphatic imine (C=N–C) groups is 1. The van der Waals surface area contributed by atoms with Gasteiger partial charge in [-0.25, -0.2) is 0 Å². The number of rotatable bonds is 10. The summed E-state index contributed by atoms with van der Waals surface area (Å²) >= 11 is 0. The second-order valence-electron chi connectivity index (χ2n) is 8.77. The lowest BCUT2D eigenvalue weighted by molar-refractivity contribution is 0.0778. The van der Waals surface area contributed by atoms with Crippen LogP contribution in [0.1, 0.15) is 45.4 Å². The first-order valence-electron chi connectivity index (χ1n) is 11.6. The summed E-state index contributed by atoms with van der Waals surface area (Å²) in [6, 6.07) is 6.51. The highest BCUT2D eigenvalue weighted by Gasteiger charge is 2.36. The van der Waals surface area contributed by atoms with Gasteiger partial charge in [-0.3, -0.25) is 4.99 Å². The van der Waals surface area contributed by atoms with Gasteiger partial charge < -0.3 is 29.7 Å². The number of ether oxygens (including phenoxy) is 3. The standard InChI is InChI=1S/C24H40N4O3.HI/c1-5-25-23(26-18-24(9-6-10-24)11-14-29-2)27-19-7-12-28(13-8-19)20-15-21(30-3)17-22(16-20)31-4;/h15-17,19H,5-14,18H2,1-4H3,(H2,25,26,27);1H. The van der Waals surface area contributed by atoms with Gasteiger partial charge in [0.15, 0.2) is 5.96 Å². The van der Waals surface area contributed by atoms with Crippen molar-refractivity contribution in [1.82, 2.24) is 10.6 Å². The third-order valence-electron chi connectivity index (χ3n) is 6.70. The van der Waals surface area contributed by atoms with E-state index in [1.54, 1.807) is 21.3 Å². The maximum atomic E-state index is 5.43. The number of piperidine rings is 1. The van der Waals surface area contributed by atoms with Crippen molar-refractivity contribution in [2.24, 2.45) is 10.4 Å². The first kappa shape index (κ1) is 26.8. The SMILES string of the molecule is CCNC(=NCC1(CCOC)CCC1)NC1CCN(c2cc(OC)cc(OC)c2)CC1.I. The Morgan fingerprint density at radius 1 is 1.09 bits per heavy atom. The van der Waals surface area contributed by atoms with Crippen molar-refractivity contribution in [3.8, 4) is 11.5 Å². The number of anilines is 1. The molecule has 0 radical (unpaired) electrons. The van der Waals surface area contributed by atoms with Gasteiger partial charge in [-0.15, -0.1) is 24.0 Å². The molecule has 32 heavy (non-hydrogen) atoms. The molecule has 2 fully saturated rings. The molecule has 3 rings (SSSR count). The molecule has 8 heteroatoms. The van der Waals surface area contributed by atoms with Gasteiger partial charge in [0.1, 0.15) is 11.5 Å². The molecule has 1 saturated carbocycles. The van der Waals surface area contributed by atoms with Crippen molar-refractivity contribution in [2.75, 3.05) is 59.0 Å². The molecule has 0 aromatic heterocycles. The summed E-state index contributed by atoms with van der Waals surface area (Å²) in [5, 5.41) is 7.12. The predicted octanol–water partition coefficient (Wildman–Crippen LogP) is 4.05. The highest BCUT2D eigenvalue weighted by molar-refractivity contribution is 14.0. The van der Waals surface area contributed by atoms with Crippen molar-refractivity contribution in [2.45, 2.75) is 51.5 Å². The average Bonchev–Trinajstić information content (AvgIpc) is 2.78. The van der Waals surface area contributed by atoms with Crippen LogP contribution in [-0.4, -0.2) is 66.1 Å². The maximum Gasteiger partial charge on any atom is 0.191 e.